The SMILES string of the molecule is Cc1c(NN)nc(C(C)(C)C)nc1NCCc1cscn1. The highest BCUT2D eigenvalue weighted by molar-refractivity contribution is 7.07. The number of anilines is 2. The van der Waals surface area contributed by atoms with E-state index in [1.54, 1.807) is 11.3 Å². The quantitative estimate of drug-likeness (QED) is 0.581. The van der Waals surface area contributed by atoms with E-state index in [0.29, 0.717) is 5.82 Å². The molecule has 0 fully saturated rings. The summed E-state index contributed by atoms with van der Waals surface area (Å²) in [6.45, 7) is 8.97. The lowest BCUT2D eigenvalue weighted by Crippen LogP contribution is -2.21. The van der Waals surface area contributed by atoms with Crippen molar-refractivity contribution in [1.82, 2.24) is 15.0 Å². The fourth-order valence-corrected chi connectivity index (χ4v) is 2.43. The lowest BCUT2D eigenvalue weighted by atomic mass is 9.95. The number of hydrogen-bond donors (Lipinski definition) is 3. The molecule has 4 N–H and O–H groups in total. The predicted octanol–water partition coefficient (Wildman–Crippen LogP) is 2.48. The van der Waals surface area contributed by atoms with Gasteiger partial charge in [-0.2, -0.15) is 0 Å². The van der Waals surface area contributed by atoms with E-state index in [2.05, 4.69) is 51.8 Å². The smallest absolute Gasteiger partial charge is 0.148 e. The van der Waals surface area contributed by atoms with Crippen LogP contribution in [0.4, 0.5) is 11.6 Å². The van der Waals surface area contributed by atoms with Crippen LogP contribution in [0, 0.1) is 6.92 Å². The number of hydrogen-bond acceptors (Lipinski definition) is 7. The fourth-order valence-electron chi connectivity index (χ4n) is 1.83. The van der Waals surface area contributed by atoms with Gasteiger partial charge in [-0.25, -0.2) is 20.8 Å². The van der Waals surface area contributed by atoms with E-state index in [4.69, 9.17) is 5.84 Å². The van der Waals surface area contributed by atoms with Crippen molar-refractivity contribution in [2.75, 3.05) is 17.3 Å². The van der Waals surface area contributed by atoms with Crippen molar-refractivity contribution in [2.24, 2.45) is 5.84 Å². The molecule has 7 heteroatoms. The first-order chi connectivity index (χ1) is 9.91. The summed E-state index contributed by atoms with van der Waals surface area (Å²) in [4.78, 5) is 13.4. The van der Waals surface area contributed by atoms with Crippen LogP contribution in [0.2, 0.25) is 0 Å². The average Bonchev–Trinajstić information content (AvgIpc) is 2.92. The lowest BCUT2D eigenvalue weighted by Gasteiger charge is -2.20. The molecule has 0 radical (unpaired) electrons. The lowest BCUT2D eigenvalue weighted by molar-refractivity contribution is 0.546. The van der Waals surface area contributed by atoms with Crippen LogP contribution in [0.5, 0.6) is 0 Å². The van der Waals surface area contributed by atoms with Crippen LogP contribution in [-0.2, 0) is 11.8 Å². The minimum absolute atomic E-state index is 0.134. The number of nitrogens with one attached hydrogen (secondary N) is 2. The highest BCUT2D eigenvalue weighted by Gasteiger charge is 2.20. The van der Waals surface area contributed by atoms with Gasteiger partial charge in [0.2, 0.25) is 0 Å². The second-order valence-corrected chi connectivity index (χ2v) is 6.64. The number of aromatic nitrogens is 3. The van der Waals surface area contributed by atoms with Crippen LogP contribution in [0.3, 0.4) is 0 Å². The van der Waals surface area contributed by atoms with E-state index < -0.39 is 0 Å². The maximum atomic E-state index is 5.56. The minimum atomic E-state index is -0.134. The number of nitrogens with two attached hydrogens (primary N) is 1. The van der Waals surface area contributed by atoms with E-state index in [0.717, 1.165) is 35.9 Å². The third-order valence-corrected chi connectivity index (χ3v) is 3.75. The third kappa shape index (κ3) is 3.89. The highest BCUT2D eigenvalue weighted by Crippen LogP contribution is 2.25. The minimum Gasteiger partial charge on any atom is -0.369 e. The molecule has 21 heavy (non-hydrogen) atoms. The van der Waals surface area contributed by atoms with Crippen molar-refractivity contribution in [3.05, 3.63) is 28.0 Å². The van der Waals surface area contributed by atoms with Gasteiger partial charge in [0.05, 0.1) is 11.2 Å². The number of nitrogen functional groups attached to an aromatic ring is 1. The maximum Gasteiger partial charge on any atom is 0.148 e. The van der Waals surface area contributed by atoms with Gasteiger partial charge in [0.1, 0.15) is 17.5 Å². The van der Waals surface area contributed by atoms with Gasteiger partial charge >= 0.3 is 0 Å². The van der Waals surface area contributed by atoms with Crippen molar-refractivity contribution in [1.29, 1.82) is 0 Å². The summed E-state index contributed by atoms with van der Waals surface area (Å²) in [6.07, 6.45) is 0.864. The van der Waals surface area contributed by atoms with Crippen LogP contribution >= 0.6 is 11.3 Å². The molecule has 0 saturated carbocycles. The zero-order valence-corrected chi connectivity index (χ0v) is 13.7. The van der Waals surface area contributed by atoms with Crippen LogP contribution < -0.4 is 16.6 Å². The summed E-state index contributed by atoms with van der Waals surface area (Å²) in [5, 5.41) is 5.41. The standard InChI is InChI=1S/C14H22N6S/c1-9-11(16-6-5-10-7-21-8-17-10)18-13(14(2,3)4)19-12(9)20-15/h7-8H,5-6,15H2,1-4H3,(H2,16,18,19,20). The molecule has 0 unspecified atom stereocenters. The molecule has 0 aliphatic rings. The Balaban J connectivity index is 2.17. The van der Waals surface area contributed by atoms with Gasteiger partial charge in [0, 0.05) is 29.3 Å². The molecule has 2 aromatic heterocycles. The molecule has 0 spiro atoms. The van der Waals surface area contributed by atoms with E-state index in [-0.39, 0.29) is 5.41 Å². The largest absolute Gasteiger partial charge is 0.369 e. The summed E-state index contributed by atoms with van der Waals surface area (Å²) in [5.74, 6) is 7.80. The number of nitrogens with zero attached hydrogens (tertiary/aromatic N) is 3. The molecule has 0 saturated heterocycles. The first-order valence-corrected chi connectivity index (χ1v) is 7.82. The Bertz CT molecular complexity index is 588. The molecular formula is C14H22N6S. The summed E-state index contributed by atoms with van der Waals surface area (Å²) in [6, 6.07) is 0. The molecule has 0 bridgehead atoms. The maximum absolute atomic E-state index is 5.56. The van der Waals surface area contributed by atoms with Crippen LogP contribution in [0.1, 0.15) is 37.9 Å². The Hall–Kier alpha value is -1.73. The zero-order valence-electron chi connectivity index (χ0n) is 12.9. The molecule has 2 aromatic rings. The summed E-state index contributed by atoms with van der Waals surface area (Å²) in [7, 11) is 0. The topological polar surface area (TPSA) is 88.8 Å². The Morgan fingerprint density at radius 3 is 2.52 bits per heavy atom. The normalized spacial score (nSPS) is 11.5. The Morgan fingerprint density at radius 2 is 1.95 bits per heavy atom. The number of rotatable bonds is 5. The molecule has 0 aromatic carbocycles. The fraction of sp³-hybridized carbons (Fsp3) is 0.500. The molecular weight excluding hydrogens is 284 g/mol. The van der Waals surface area contributed by atoms with Gasteiger partial charge < -0.3 is 10.7 Å². The van der Waals surface area contributed by atoms with E-state index in [9.17, 15) is 0 Å². The highest BCUT2D eigenvalue weighted by atomic mass is 32.1. The predicted molar refractivity (Wildman–Crippen MR) is 87.6 cm³/mol. The first kappa shape index (κ1) is 15.7. The molecule has 114 valence electrons. The zero-order chi connectivity index (χ0) is 15.5. The van der Waals surface area contributed by atoms with Gasteiger partial charge in [-0.15, -0.1) is 11.3 Å². The summed E-state index contributed by atoms with van der Waals surface area (Å²) in [5.41, 5.74) is 6.37. The first-order valence-electron chi connectivity index (χ1n) is 6.88. The van der Waals surface area contributed by atoms with Crippen LogP contribution in [0.25, 0.3) is 0 Å². The molecule has 6 nitrogen and oxygen atoms in total. The van der Waals surface area contributed by atoms with Gasteiger partial charge in [-0.1, -0.05) is 20.8 Å². The summed E-state index contributed by atoms with van der Waals surface area (Å²) < 4.78 is 0. The van der Waals surface area contributed by atoms with Gasteiger partial charge in [0.15, 0.2) is 0 Å². The Kier molecular flexibility index (Phi) is 4.74. The molecule has 0 aliphatic carbocycles. The molecule has 0 atom stereocenters. The second kappa shape index (κ2) is 6.36. The molecule has 2 rings (SSSR count). The second-order valence-electron chi connectivity index (χ2n) is 5.92. The third-order valence-electron chi connectivity index (χ3n) is 3.11. The van der Waals surface area contributed by atoms with Crippen molar-refractivity contribution in [3.63, 3.8) is 0 Å². The molecule has 2 heterocycles. The van der Waals surface area contributed by atoms with E-state index in [1.807, 2.05) is 12.4 Å². The van der Waals surface area contributed by atoms with Crippen molar-refractivity contribution in [2.45, 2.75) is 39.5 Å². The van der Waals surface area contributed by atoms with Crippen molar-refractivity contribution in [3.8, 4) is 0 Å². The Labute approximate surface area is 129 Å². The van der Waals surface area contributed by atoms with Crippen LogP contribution in [0.15, 0.2) is 10.9 Å². The number of hydrazine groups is 1. The van der Waals surface area contributed by atoms with Crippen LogP contribution in [-0.4, -0.2) is 21.5 Å². The van der Waals surface area contributed by atoms with Gasteiger partial charge in [-0.05, 0) is 6.92 Å². The summed E-state index contributed by atoms with van der Waals surface area (Å²) >= 11 is 1.61. The van der Waals surface area contributed by atoms with E-state index >= 15 is 0 Å². The van der Waals surface area contributed by atoms with Crippen molar-refractivity contribution >= 4 is 23.0 Å². The van der Waals surface area contributed by atoms with E-state index in [1.165, 1.54) is 0 Å². The van der Waals surface area contributed by atoms with Gasteiger partial charge in [-0.3, -0.25) is 0 Å². The number of thiazole rings is 1. The monoisotopic (exact) mass is 306 g/mol. The van der Waals surface area contributed by atoms with Crippen molar-refractivity contribution < 1.29 is 0 Å². The average molecular weight is 306 g/mol. The Morgan fingerprint density at radius 1 is 1.24 bits per heavy atom. The molecule has 0 amide bonds. The van der Waals surface area contributed by atoms with Gasteiger partial charge in [0.25, 0.3) is 0 Å². The molecule has 0 aliphatic heterocycles.